The van der Waals surface area contributed by atoms with E-state index in [1.165, 1.54) is 18.2 Å². The Kier molecular flexibility index (Phi) is 8.01. The summed E-state index contributed by atoms with van der Waals surface area (Å²) in [7, 11) is 0. The van der Waals surface area contributed by atoms with Gasteiger partial charge in [-0.15, -0.1) is 0 Å². The van der Waals surface area contributed by atoms with E-state index in [1.807, 2.05) is 0 Å². The van der Waals surface area contributed by atoms with E-state index >= 15 is 0 Å². The molecule has 28 heavy (non-hydrogen) atoms. The standard InChI is InChI=1S/C20H21F3N2O3/c21-14-9-7-13(8-10-14)20(27)25-17(6-1-2-11-24)18(26)12-28-19-15(22)4-3-5-16(19)23/h3-5,7-10,17H,1-2,6,11-12,24H2,(H,25,27)/t17-/m0/s1. The van der Waals surface area contributed by atoms with E-state index in [1.54, 1.807) is 0 Å². The van der Waals surface area contributed by atoms with Crippen molar-refractivity contribution >= 4 is 11.7 Å². The molecule has 2 rings (SSSR count). The number of carbonyl (C=O) groups is 2. The number of unbranched alkanes of at least 4 members (excludes halogenated alkanes) is 1. The Hall–Kier alpha value is -2.87. The highest BCUT2D eigenvalue weighted by Crippen LogP contribution is 2.21. The van der Waals surface area contributed by atoms with Gasteiger partial charge >= 0.3 is 0 Å². The van der Waals surface area contributed by atoms with E-state index in [4.69, 9.17) is 10.5 Å². The summed E-state index contributed by atoms with van der Waals surface area (Å²) in [6.45, 7) is -0.196. The molecule has 0 aliphatic rings. The van der Waals surface area contributed by atoms with Crippen molar-refractivity contribution in [2.24, 2.45) is 5.73 Å². The van der Waals surface area contributed by atoms with Gasteiger partial charge in [0.2, 0.25) is 0 Å². The zero-order chi connectivity index (χ0) is 20.5. The third kappa shape index (κ3) is 6.09. The third-order valence-corrected chi connectivity index (χ3v) is 4.03. The zero-order valence-electron chi connectivity index (χ0n) is 15.1. The summed E-state index contributed by atoms with van der Waals surface area (Å²) >= 11 is 0. The number of benzene rings is 2. The normalized spacial score (nSPS) is 11.7. The Morgan fingerprint density at radius 1 is 1.00 bits per heavy atom. The Morgan fingerprint density at radius 2 is 1.64 bits per heavy atom. The first-order valence-corrected chi connectivity index (χ1v) is 8.78. The SMILES string of the molecule is NCCCC[C@H](NC(=O)c1ccc(F)cc1)C(=O)COc1c(F)cccc1F. The van der Waals surface area contributed by atoms with Crippen LogP contribution in [0, 0.1) is 17.5 Å². The quantitative estimate of drug-likeness (QED) is 0.607. The van der Waals surface area contributed by atoms with Crippen LogP contribution in [-0.4, -0.2) is 30.9 Å². The fourth-order valence-corrected chi connectivity index (χ4v) is 2.51. The second-order valence-electron chi connectivity index (χ2n) is 6.12. The molecular formula is C20H21F3N2O3. The lowest BCUT2D eigenvalue weighted by molar-refractivity contribution is -0.123. The van der Waals surface area contributed by atoms with Gasteiger partial charge in [-0.25, -0.2) is 13.2 Å². The van der Waals surface area contributed by atoms with Gasteiger partial charge in [-0.2, -0.15) is 0 Å². The van der Waals surface area contributed by atoms with Gasteiger partial charge in [0.15, 0.2) is 23.2 Å². The highest BCUT2D eigenvalue weighted by atomic mass is 19.1. The zero-order valence-corrected chi connectivity index (χ0v) is 15.1. The Labute approximate surface area is 160 Å². The first-order chi connectivity index (χ1) is 13.4. The average Bonchev–Trinajstić information content (AvgIpc) is 2.67. The molecular weight excluding hydrogens is 373 g/mol. The summed E-state index contributed by atoms with van der Waals surface area (Å²) in [5.41, 5.74) is 5.63. The van der Waals surface area contributed by atoms with Crippen molar-refractivity contribution < 1.29 is 27.5 Å². The van der Waals surface area contributed by atoms with Crippen molar-refractivity contribution in [1.29, 1.82) is 0 Å². The van der Waals surface area contributed by atoms with Gasteiger partial charge < -0.3 is 15.8 Å². The molecule has 0 saturated carbocycles. The van der Waals surface area contributed by atoms with Gasteiger partial charge in [0.25, 0.3) is 5.91 Å². The van der Waals surface area contributed by atoms with Crippen molar-refractivity contribution in [3.8, 4) is 5.75 Å². The van der Waals surface area contributed by atoms with Gasteiger partial charge in [0.05, 0.1) is 6.04 Å². The van der Waals surface area contributed by atoms with Crippen LogP contribution in [0.3, 0.4) is 0 Å². The van der Waals surface area contributed by atoms with Crippen LogP contribution in [0.15, 0.2) is 42.5 Å². The van der Waals surface area contributed by atoms with E-state index in [2.05, 4.69) is 5.32 Å². The summed E-state index contributed by atoms with van der Waals surface area (Å²) in [5, 5.41) is 2.56. The number of nitrogens with one attached hydrogen (secondary N) is 1. The fraction of sp³-hybridized carbons (Fsp3) is 0.300. The number of nitrogens with two attached hydrogens (primary N) is 1. The van der Waals surface area contributed by atoms with E-state index < -0.39 is 47.5 Å². The highest BCUT2D eigenvalue weighted by molar-refractivity contribution is 5.98. The largest absolute Gasteiger partial charge is 0.480 e. The van der Waals surface area contributed by atoms with Crippen molar-refractivity contribution in [1.82, 2.24) is 5.32 Å². The summed E-state index contributed by atoms with van der Waals surface area (Å²) in [6, 6.07) is 7.11. The maximum absolute atomic E-state index is 13.6. The number of hydrogen-bond acceptors (Lipinski definition) is 4. The van der Waals surface area contributed by atoms with Crippen LogP contribution in [-0.2, 0) is 4.79 Å². The molecule has 150 valence electrons. The molecule has 0 bridgehead atoms. The number of amides is 1. The topological polar surface area (TPSA) is 81.4 Å². The Balaban J connectivity index is 2.04. The molecule has 0 aromatic heterocycles. The number of para-hydroxylation sites is 1. The molecule has 1 atom stereocenters. The molecule has 3 N–H and O–H groups in total. The van der Waals surface area contributed by atoms with Crippen LogP contribution in [0.2, 0.25) is 0 Å². The minimum absolute atomic E-state index is 0.180. The number of halogens is 3. The van der Waals surface area contributed by atoms with Gasteiger partial charge in [0.1, 0.15) is 12.4 Å². The predicted molar refractivity (Wildman–Crippen MR) is 97.4 cm³/mol. The lowest BCUT2D eigenvalue weighted by atomic mass is 10.0. The molecule has 0 aliphatic heterocycles. The van der Waals surface area contributed by atoms with Gasteiger partial charge in [-0.05, 0) is 62.2 Å². The van der Waals surface area contributed by atoms with Crippen LogP contribution in [0.4, 0.5) is 13.2 Å². The molecule has 2 aromatic carbocycles. The van der Waals surface area contributed by atoms with Gasteiger partial charge in [0, 0.05) is 5.56 Å². The summed E-state index contributed by atoms with van der Waals surface area (Å²) < 4.78 is 45.2. The summed E-state index contributed by atoms with van der Waals surface area (Å²) in [4.78, 5) is 24.8. The maximum atomic E-state index is 13.6. The number of rotatable bonds is 10. The van der Waals surface area contributed by atoms with Crippen LogP contribution in [0.25, 0.3) is 0 Å². The summed E-state index contributed by atoms with van der Waals surface area (Å²) in [6.07, 6.45) is 1.48. The molecule has 0 spiro atoms. The highest BCUT2D eigenvalue weighted by Gasteiger charge is 2.22. The number of Topliss-reactive ketones (excluding diaryl/α,β-unsaturated/α-hetero) is 1. The monoisotopic (exact) mass is 394 g/mol. The van der Waals surface area contributed by atoms with E-state index in [0.29, 0.717) is 19.4 Å². The van der Waals surface area contributed by atoms with Crippen molar-refractivity contribution in [3.63, 3.8) is 0 Å². The lowest BCUT2D eigenvalue weighted by Gasteiger charge is -2.18. The van der Waals surface area contributed by atoms with Crippen molar-refractivity contribution in [2.45, 2.75) is 25.3 Å². The molecule has 0 fully saturated rings. The first kappa shape index (κ1) is 21.4. The van der Waals surface area contributed by atoms with Crippen LogP contribution < -0.4 is 15.8 Å². The van der Waals surface area contributed by atoms with Crippen LogP contribution >= 0.6 is 0 Å². The second kappa shape index (κ2) is 10.5. The van der Waals surface area contributed by atoms with Crippen molar-refractivity contribution in [3.05, 3.63) is 65.5 Å². The molecule has 2 aromatic rings. The molecule has 0 unspecified atom stereocenters. The molecule has 0 heterocycles. The van der Waals surface area contributed by atoms with E-state index in [-0.39, 0.29) is 12.0 Å². The first-order valence-electron chi connectivity index (χ1n) is 8.78. The Morgan fingerprint density at radius 3 is 2.25 bits per heavy atom. The van der Waals surface area contributed by atoms with Crippen LogP contribution in [0.5, 0.6) is 5.75 Å². The molecule has 1 amide bonds. The lowest BCUT2D eigenvalue weighted by Crippen LogP contribution is -2.43. The fourth-order valence-electron chi connectivity index (χ4n) is 2.51. The van der Waals surface area contributed by atoms with Crippen LogP contribution in [0.1, 0.15) is 29.6 Å². The second-order valence-corrected chi connectivity index (χ2v) is 6.12. The molecule has 8 heteroatoms. The molecule has 0 aliphatic carbocycles. The maximum Gasteiger partial charge on any atom is 0.251 e. The number of carbonyl (C=O) groups excluding carboxylic acids is 2. The van der Waals surface area contributed by atoms with Gasteiger partial charge in [-0.3, -0.25) is 9.59 Å². The molecule has 0 radical (unpaired) electrons. The molecule has 5 nitrogen and oxygen atoms in total. The smallest absolute Gasteiger partial charge is 0.251 e. The third-order valence-electron chi connectivity index (χ3n) is 4.03. The number of ketones is 1. The van der Waals surface area contributed by atoms with Crippen molar-refractivity contribution in [2.75, 3.05) is 13.2 Å². The average molecular weight is 394 g/mol. The minimum atomic E-state index is -0.932. The Bertz CT molecular complexity index is 793. The van der Waals surface area contributed by atoms with E-state index in [9.17, 15) is 22.8 Å². The number of hydrogen-bond donors (Lipinski definition) is 2. The molecule has 0 saturated heterocycles. The number of ether oxygens (including phenoxy) is 1. The summed E-state index contributed by atoms with van der Waals surface area (Å²) in [5.74, 6) is -4.11. The predicted octanol–water partition coefficient (Wildman–Crippen LogP) is 2.98. The minimum Gasteiger partial charge on any atom is -0.480 e. The van der Waals surface area contributed by atoms with Gasteiger partial charge in [-0.1, -0.05) is 6.07 Å². The van der Waals surface area contributed by atoms with E-state index in [0.717, 1.165) is 24.3 Å².